The summed E-state index contributed by atoms with van der Waals surface area (Å²) in [6.07, 6.45) is 0.586. The highest BCUT2D eigenvalue weighted by Gasteiger charge is 2.08. The Balaban J connectivity index is 2.05. The Labute approximate surface area is 129 Å². The molecule has 1 N–H and O–H groups in total. The molecule has 21 heavy (non-hydrogen) atoms. The molecule has 0 amide bonds. The number of nitrogens with zero attached hydrogens (tertiary/aromatic N) is 1. The van der Waals surface area contributed by atoms with Crippen LogP contribution in [0, 0.1) is 17.1 Å². The molecule has 0 bridgehead atoms. The van der Waals surface area contributed by atoms with Crippen LogP contribution in [0.1, 0.15) is 18.1 Å². The zero-order chi connectivity index (χ0) is 15.1. The molecule has 0 fully saturated rings. The average molecular weight is 300 g/mol. The van der Waals surface area contributed by atoms with E-state index in [2.05, 4.69) is 18.3 Å². The third kappa shape index (κ3) is 3.99. The van der Waals surface area contributed by atoms with Gasteiger partial charge in [-0.2, -0.15) is 5.26 Å². The van der Waals surface area contributed by atoms with Gasteiger partial charge in [0.2, 0.25) is 0 Å². The van der Waals surface area contributed by atoms with Gasteiger partial charge in [0.05, 0.1) is 11.3 Å². The molecule has 4 heteroatoms. The van der Waals surface area contributed by atoms with Crippen molar-refractivity contribution in [2.75, 3.05) is 17.6 Å². The van der Waals surface area contributed by atoms with Crippen LogP contribution in [0.2, 0.25) is 0 Å². The lowest BCUT2D eigenvalue weighted by atomic mass is 10.1. The van der Waals surface area contributed by atoms with Crippen molar-refractivity contribution in [3.63, 3.8) is 0 Å². The van der Waals surface area contributed by atoms with Gasteiger partial charge in [-0.25, -0.2) is 4.39 Å². The number of halogens is 1. The molecular formula is C17H17FN2S. The van der Waals surface area contributed by atoms with E-state index < -0.39 is 0 Å². The molecule has 0 aliphatic heterocycles. The van der Waals surface area contributed by atoms with Crippen molar-refractivity contribution in [1.82, 2.24) is 0 Å². The number of thioether (sulfide) groups is 1. The Bertz CT molecular complexity index is 649. The summed E-state index contributed by atoms with van der Waals surface area (Å²) in [5.74, 6) is 0.739. The van der Waals surface area contributed by atoms with Gasteiger partial charge in [-0.3, -0.25) is 0 Å². The molecule has 0 aromatic heterocycles. The maximum absolute atomic E-state index is 13.5. The van der Waals surface area contributed by atoms with Gasteiger partial charge in [-0.15, -0.1) is 11.8 Å². The van der Waals surface area contributed by atoms with Crippen molar-refractivity contribution in [3.05, 3.63) is 59.4 Å². The molecule has 2 aromatic rings. The highest BCUT2D eigenvalue weighted by atomic mass is 32.2. The van der Waals surface area contributed by atoms with Gasteiger partial charge < -0.3 is 5.32 Å². The Morgan fingerprint density at radius 3 is 2.71 bits per heavy atom. The van der Waals surface area contributed by atoms with Gasteiger partial charge in [0.1, 0.15) is 11.9 Å². The van der Waals surface area contributed by atoms with E-state index in [0.717, 1.165) is 16.3 Å². The number of anilines is 1. The monoisotopic (exact) mass is 300 g/mol. The number of nitrogens with one attached hydrogen (secondary N) is 1. The maximum atomic E-state index is 13.5. The molecule has 0 spiro atoms. The second-order valence-electron chi connectivity index (χ2n) is 4.49. The average Bonchev–Trinajstić information content (AvgIpc) is 2.50. The highest BCUT2D eigenvalue weighted by Crippen LogP contribution is 2.27. The molecular weight excluding hydrogens is 283 g/mol. The molecule has 2 rings (SSSR count). The molecule has 0 heterocycles. The first-order valence-electron chi connectivity index (χ1n) is 6.89. The minimum absolute atomic E-state index is 0.185. The summed E-state index contributed by atoms with van der Waals surface area (Å²) in [7, 11) is 0. The van der Waals surface area contributed by atoms with Gasteiger partial charge in [-0.1, -0.05) is 31.2 Å². The summed E-state index contributed by atoms with van der Waals surface area (Å²) in [6.45, 7) is 2.65. The molecule has 2 nitrogen and oxygen atoms in total. The Morgan fingerprint density at radius 1 is 1.19 bits per heavy atom. The van der Waals surface area contributed by atoms with Crippen LogP contribution in [-0.2, 0) is 6.42 Å². The van der Waals surface area contributed by atoms with Crippen LogP contribution < -0.4 is 5.32 Å². The summed E-state index contributed by atoms with van der Waals surface area (Å²) in [5.41, 5.74) is 2.16. The standard InChI is InChI=1S/C17H17FN2S/c1-2-21-17-9-5-8-16(14(17)12-19)20-11-10-13-6-3-4-7-15(13)18/h3-9,20H,2,10-11H2,1H3. The van der Waals surface area contributed by atoms with E-state index in [1.54, 1.807) is 23.9 Å². The second kappa shape index (κ2) is 7.70. The molecule has 0 atom stereocenters. The SMILES string of the molecule is CCSc1cccc(NCCc2ccccc2F)c1C#N. The molecule has 108 valence electrons. The van der Waals surface area contributed by atoms with Crippen molar-refractivity contribution >= 4 is 17.4 Å². The lowest BCUT2D eigenvalue weighted by Gasteiger charge is -2.11. The summed E-state index contributed by atoms with van der Waals surface area (Å²) in [6, 6.07) is 14.8. The molecule has 0 aliphatic rings. The predicted octanol–water partition coefficient (Wildman–Crippen LogP) is 4.46. The molecule has 0 saturated heterocycles. The summed E-state index contributed by atoms with van der Waals surface area (Å²) in [4.78, 5) is 0.982. The van der Waals surface area contributed by atoms with Crippen LogP contribution in [0.15, 0.2) is 47.4 Å². The molecule has 0 radical (unpaired) electrons. The van der Waals surface area contributed by atoms with Gasteiger partial charge >= 0.3 is 0 Å². The fourth-order valence-electron chi connectivity index (χ4n) is 2.10. The molecule has 0 saturated carbocycles. The second-order valence-corrected chi connectivity index (χ2v) is 5.80. The zero-order valence-corrected chi connectivity index (χ0v) is 12.7. The third-order valence-corrected chi connectivity index (χ3v) is 4.05. The number of benzene rings is 2. The number of nitriles is 1. The van der Waals surface area contributed by atoms with Crippen molar-refractivity contribution < 1.29 is 4.39 Å². The largest absolute Gasteiger partial charge is 0.384 e. The number of hydrogen-bond donors (Lipinski definition) is 1. The number of rotatable bonds is 6. The topological polar surface area (TPSA) is 35.8 Å². The van der Waals surface area contributed by atoms with E-state index >= 15 is 0 Å². The maximum Gasteiger partial charge on any atom is 0.126 e. The van der Waals surface area contributed by atoms with E-state index in [9.17, 15) is 9.65 Å². The fourth-order valence-corrected chi connectivity index (χ4v) is 2.89. The Hall–Kier alpha value is -1.99. The van der Waals surface area contributed by atoms with E-state index in [4.69, 9.17) is 0 Å². The van der Waals surface area contributed by atoms with Crippen molar-refractivity contribution in [2.24, 2.45) is 0 Å². The highest BCUT2D eigenvalue weighted by molar-refractivity contribution is 7.99. The van der Waals surface area contributed by atoms with Crippen molar-refractivity contribution in [2.45, 2.75) is 18.2 Å². The summed E-state index contributed by atoms with van der Waals surface area (Å²) < 4.78 is 13.5. The van der Waals surface area contributed by atoms with E-state index in [1.165, 1.54) is 6.07 Å². The van der Waals surface area contributed by atoms with Gasteiger partial charge in [0, 0.05) is 11.4 Å². The van der Waals surface area contributed by atoms with E-state index in [0.29, 0.717) is 24.1 Å². The first-order valence-corrected chi connectivity index (χ1v) is 7.88. The van der Waals surface area contributed by atoms with Crippen LogP contribution in [0.4, 0.5) is 10.1 Å². The quantitative estimate of drug-likeness (QED) is 0.800. The number of hydrogen-bond acceptors (Lipinski definition) is 3. The molecule has 0 unspecified atom stereocenters. The normalized spacial score (nSPS) is 10.1. The van der Waals surface area contributed by atoms with Gasteiger partial charge in [0.25, 0.3) is 0 Å². The van der Waals surface area contributed by atoms with Gasteiger partial charge in [-0.05, 0) is 35.9 Å². The van der Waals surface area contributed by atoms with Crippen LogP contribution in [-0.4, -0.2) is 12.3 Å². The first kappa shape index (κ1) is 15.4. The van der Waals surface area contributed by atoms with E-state index in [-0.39, 0.29) is 5.82 Å². The van der Waals surface area contributed by atoms with Crippen molar-refractivity contribution in [3.8, 4) is 6.07 Å². The first-order chi connectivity index (χ1) is 10.3. The van der Waals surface area contributed by atoms with E-state index in [1.807, 2.05) is 24.3 Å². The Morgan fingerprint density at radius 2 is 2.00 bits per heavy atom. The lowest BCUT2D eigenvalue weighted by Crippen LogP contribution is -2.07. The fraction of sp³-hybridized carbons (Fsp3) is 0.235. The minimum Gasteiger partial charge on any atom is -0.384 e. The smallest absolute Gasteiger partial charge is 0.126 e. The Kier molecular flexibility index (Phi) is 5.65. The minimum atomic E-state index is -0.185. The lowest BCUT2D eigenvalue weighted by molar-refractivity contribution is 0.610. The zero-order valence-electron chi connectivity index (χ0n) is 11.9. The van der Waals surface area contributed by atoms with Crippen LogP contribution in [0.25, 0.3) is 0 Å². The summed E-state index contributed by atoms with van der Waals surface area (Å²) in [5, 5.41) is 12.6. The van der Waals surface area contributed by atoms with Crippen LogP contribution in [0.5, 0.6) is 0 Å². The predicted molar refractivity (Wildman–Crippen MR) is 86.1 cm³/mol. The van der Waals surface area contributed by atoms with Crippen LogP contribution in [0.3, 0.4) is 0 Å². The van der Waals surface area contributed by atoms with Gasteiger partial charge in [0.15, 0.2) is 0 Å². The summed E-state index contributed by atoms with van der Waals surface area (Å²) >= 11 is 1.65. The van der Waals surface area contributed by atoms with Crippen molar-refractivity contribution in [1.29, 1.82) is 5.26 Å². The molecule has 0 aliphatic carbocycles. The third-order valence-electron chi connectivity index (χ3n) is 3.11. The van der Waals surface area contributed by atoms with Crippen LogP contribution >= 0.6 is 11.8 Å². The molecule has 2 aromatic carbocycles.